The highest BCUT2D eigenvalue weighted by Crippen LogP contribution is 2.27. The monoisotopic (exact) mass is 432 g/mol. The molecule has 2 aromatic rings. The van der Waals surface area contributed by atoms with Crippen molar-refractivity contribution in [3.8, 4) is 0 Å². The minimum absolute atomic E-state index is 0.157. The minimum atomic E-state index is -3.63. The Morgan fingerprint density at radius 3 is 2.47 bits per heavy atom. The highest BCUT2D eigenvalue weighted by Gasteiger charge is 2.28. The molecule has 0 unspecified atom stereocenters. The predicted octanol–water partition coefficient (Wildman–Crippen LogP) is 3.51. The first-order chi connectivity index (χ1) is 14.2. The van der Waals surface area contributed by atoms with Gasteiger partial charge >= 0.3 is 0 Å². The molecule has 1 N–H and O–H groups in total. The predicted molar refractivity (Wildman–Crippen MR) is 118 cm³/mol. The molecule has 1 saturated heterocycles. The number of piperidine rings is 1. The third kappa shape index (κ3) is 4.92. The smallest absolute Gasteiger partial charge is 0.245 e. The van der Waals surface area contributed by atoms with Gasteiger partial charge in [-0.15, -0.1) is 0 Å². The van der Waals surface area contributed by atoms with Gasteiger partial charge < -0.3 is 5.32 Å². The molecule has 0 aliphatic carbocycles. The third-order valence-electron chi connectivity index (χ3n) is 5.50. The summed E-state index contributed by atoms with van der Waals surface area (Å²) in [6.07, 6.45) is 2.95. The molecule has 1 amide bonds. The molecule has 2 heterocycles. The van der Waals surface area contributed by atoms with Crippen LogP contribution in [0.5, 0.6) is 0 Å². The van der Waals surface area contributed by atoms with Crippen LogP contribution in [0.2, 0.25) is 0 Å². The van der Waals surface area contributed by atoms with Crippen LogP contribution < -0.4 is 5.32 Å². The Balaban J connectivity index is 1.79. The zero-order valence-corrected chi connectivity index (χ0v) is 19.1. The largest absolute Gasteiger partial charge is 0.325 e. The molecular weight excluding hydrogens is 400 g/mol. The first-order valence-corrected chi connectivity index (χ1v) is 12.1. The molecule has 0 radical (unpaired) electrons. The average Bonchev–Trinajstić information content (AvgIpc) is 2.95. The van der Waals surface area contributed by atoms with E-state index in [1.807, 2.05) is 18.5 Å². The zero-order chi connectivity index (χ0) is 21.9. The van der Waals surface area contributed by atoms with Gasteiger partial charge in [-0.1, -0.05) is 32.4 Å². The summed E-state index contributed by atoms with van der Waals surface area (Å²) in [6.45, 7) is 9.98. The number of sulfonamides is 1. The van der Waals surface area contributed by atoms with Gasteiger partial charge in [0.2, 0.25) is 15.9 Å². The lowest BCUT2D eigenvalue weighted by Crippen LogP contribution is -2.36. The standard InChI is InChI=1S/C22H32N4O3S/c1-16(2)15-26-18(4)19(17(3)24-26)14-22(27)23-20-10-6-7-11-21(20)30(28,29)25-12-8-5-9-13-25/h6-7,10-11,16H,5,8-9,12-15H2,1-4H3,(H,23,27). The van der Waals surface area contributed by atoms with Gasteiger partial charge in [0.1, 0.15) is 4.90 Å². The van der Waals surface area contributed by atoms with Gasteiger partial charge in [0.05, 0.1) is 17.8 Å². The van der Waals surface area contributed by atoms with Crippen molar-refractivity contribution < 1.29 is 13.2 Å². The summed E-state index contributed by atoms with van der Waals surface area (Å²) in [5.74, 6) is 0.211. The number of carbonyl (C=O) groups excluding carboxylic acids is 1. The van der Waals surface area contributed by atoms with Crippen LogP contribution in [-0.4, -0.2) is 41.5 Å². The second-order valence-electron chi connectivity index (χ2n) is 8.41. The number of benzene rings is 1. The number of aryl methyl sites for hydroxylation is 1. The lowest BCUT2D eigenvalue weighted by Gasteiger charge is -2.26. The highest BCUT2D eigenvalue weighted by molar-refractivity contribution is 7.89. The molecule has 164 valence electrons. The Bertz CT molecular complexity index is 1010. The number of rotatable bonds is 7. The van der Waals surface area contributed by atoms with Crippen molar-refractivity contribution in [2.24, 2.45) is 5.92 Å². The quantitative estimate of drug-likeness (QED) is 0.726. The number of amides is 1. The number of hydrogen-bond donors (Lipinski definition) is 1. The van der Waals surface area contributed by atoms with Gasteiger partial charge in [0, 0.05) is 30.9 Å². The van der Waals surface area contributed by atoms with E-state index in [2.05, 4.69) is 24.3 Å². The van der Waals surface area contributed by atoms with Crippen molar-refractivity contribution in [2.45, 2.75) is 64.8 Å². The van der Waals surface area contributed by atoms with Crippen LogP contribution >= 0.6 is 0 Å². The summed E-state index contributed by atoms with van der Waals surface area (Å²) in [5.41, 5.74) is 3.03. The molecule has 0 spiro atoms. The lowest BCUT2D eigenvalue weighted by molar-refractivity contribution is -0.115. The van der Waals surface area contributed by atoms with E-state index in [0.29, 0.717) is 24.7 Å². The SMILES string of the molecule is Cc1nn(CC(C)C)c(C)c1CC(=O)Nc1ccccc1S(=O)(=O)N1CCCCC1. The Hall–Kier alpha value is -2.19. The van der Waals surface area contributed by atoms with E-state index >= 15 is 0 Å². The van der Waals surface area contributed by atoms with Crippen molar-refractivity contribution in [1.29, 1.82) is 0 Å². The zero-order valence-electron chi connectivity index (χ0n) is 18.3. The van der Waals surface area contributed by atoms with Crippen LogP contribution in [-0.2, 0) is 27.8 Å². The van der Waals surface area contributed by atoms with E-state index in [0.717, 1.165) is 42.8 Å². The Morgan fingerprint density at radius 2 is 1.80 bits per heavy atom. The summed E-state index contributed by atoms with van der Waals surface area (Å²) < 4.78 is 29.7. The van der Waals surface area contributed by atoms with Gasteiger partial charge in [-0.3, -0.25) is 9.48 Å². The maximum Gasteiger partial charge on any atom is 0.245 e. The van der Waals surface area contributed by atoms with E-state index in [9.17, 15) is 13.2 Å². The van der Waals surface area contributed by atoms with Crippen molar-refractivity contribution >= 4 is 21.6 Å². The first-order valence-electron chi connectivity index (χ1n) is 10.6. The fraction of sp³-hybridized carbons (Fsp3) is 0.545. The number of hydrogen-bond acceptors (Lipinski definition) is 4. The molecule has 0 atom stereocenters. The molecule has 3 rings (SSSR count). The molecule has 1 aliphatic rings. The van der Waals surface area contributed by atoms with Crippen molar-refractivity contribution in [3.63, 3.8) is 0 Å². The summed E-state index contributed by atoms with van der Waals surface area (Å²) >= 11 is 0. The van der Waals surface area contributed by atoms with Crippen LogP contribution in [0.1, 0.15) is 50.1 Å². The van der Waals surface area contributed by atoms with Gasteiger partial charge in [-0.25, -0.2) is 8.42 Å². The normalized spacial score (nSPS) is 15.5. The Labute approximate surface area is 179 Å². The molecule has 0 bridgehead atoms. The fourth-order valence-corrected chi connectivity index (χ4v) is 5.57. The van der Waals surface area contributed by atoms with Crippen LogP contribution in [0.25, 0.3) is 0 Å². The van der Waals surface area contributed by atoms with E-state index in [4.69, 9.17) is 0 Å². The molecular formula is C22H32N4O3S. The summed E-state index contributed by atoms with van der Waals surface area (Å²) in [5, 5.41) is 7.39. The second-order valence-corrected chi connectivity index (χ2v) is 10.3. The van der Waals surface area contributed by atoms with Gasteiger partial charge in [-0.05, 0) is 44.7 Å². The molecule has 1 aromatic heterocycles. The molecule has 1 fully saturated rings. The van der Waals surface area contributed by atoms with Crippen LogP contribution in [0.15, 0.2) is 29.2 Å². The maximum absolute atomic E-state index is 13.1. The molecule has 1 aliphatic heterocycles. The first kappa shape index (κ1) is 22.5. The molecule has 30 heavy (non-hydrogen) atoms. The third-order valence-corrected chi connectivity index (χ3v) is 7.46. The number of para-hydroxylation sites is 1. The van der Waals surface area contributed by atoms with E-state index in [-0.39, 0.29) is 17.2 Å². The molecule has 7 nitrogen and oxygen atoms in total. The maximum atomic E-state index is 13.1. The summed E-state index contributed by atoms with van der Waals surface area (Å²) in [7, 11) is -3.63. The van der Waals surface area contributed by atoms with Crippen molar-refractivity contribution in [3.05, 3.63) is 41.2 Å². The van der Waals surface area contributed by atoms with Crippen LogP contribution in [0.3, 0.4) is 0 Å². The van der Waals surface area contributed by atoms with Crippen molar-refractivity contribution in [1.82, 2.24) is 14.1 Å². The van der Waals surface area contributed by atoms with E-state index in [1.165, 1.54) is 4.31 Å². The second kappa shape index (κ2) is 9.31. The molecule has 8 heteroatoms. The van der Waals surface area contributed by atoms with Crippen LogP contribution in [0.4, 0.5) is 5.69 Å². The average molecular weight is 433 g/mol. The fourth-order valence-electron chi connectivity index (χ4n) is 3.91. The number of aromatic nitrogens is 2. The van der Waals surface area contributed by atoms with Crippen LogP contribution in [0, 0.1) is 19.8 Å². The summed E-state index contributed by atoms with van der Waals surface area (Å²) in [4.78, 5) is 13.0. The summed E-state index contributed by atoms with van der Waals surface area (Å²) in [6, 6.07) is 6.64. The number of carbonyl (C=O) groups is 1. The minimum Gasteiger partial charge on any atom is -0.325 e. The van der Waals surface area contributed by atoms with Crippen molar-refractivity contribution in [2.75, 3.05) is 18.4 Å². The molecule has 0 saturated carbocycles. The number of nitrogens with one attached hydrogen (secondary N) is 1. The molecule has 1 aromatic carbocycles. The van der Waals surface area contributed by atoms with E-state index in [1.54, 1.807) is 24.3 Å². The van der Waals surface area contributed by atoms with Gasteiger partial charge in [0.15, 0.2) is 0 Å². The highest BCUT2D eigenvalue weighted by atomic mass is 32.2. The Morgan fingerprint density at radius 1 is 1.13 bits per heavy atom. The van der Waals surface area contributed by atoms with Gasteiger partial charge in [0.25, 0.3) is 0 Å². The lowest BCUT2D eigenvalue weighted by atomic mass is 10.1. The number of nitrogens with zero attached hydrogens (tertiary/aromatic N) is 3. The topological polar surface area (TPSA) is 84.3 Å². The Kier molecular flexibility index (Phi) is 6.98. The van der Waals surface area contributed by atoms with Gasteiger partial charge in [-0.2, -0.15) is 9.40 Å². The number of anilines is 1. The van der Waals surface area contributed by atoms with E-state index < -0.39 is 10.0 Å².